The molecule has 1 heterocycles. The molecule has 102 valence electrons. The Kier molecular flexibility index (Phi) is 4.68. The van der Waals surface area contributed by atoms with Gasteiger partial charge in [-0.2, -0.15) is 5.10 Å². The lowest BCUT2D eigenvalue weighted by Crippen LogP contribution is -2.19. The zero-order valence-electron chi connectivity index (χ0n) is 10.8. The van der Waals surface area contributed by atoms with E-state index in [1.165, 1.54) is 0 Å². The van der Waals surface area contributed by atoms with E-state index in [1.807, 2.05) is 0 Å². The number of aromatic nitrogens is 1. The summed E-state index contributed by atoms with van der Waals surface area (Å²) in [4.78, 5) is 16.0. The molecule has 5 nitrogen and oxygen atoms in total. The van der Waals surface area contributed by atoms with Gasteiger partial charge in [0, 0.05) is 18.3 Å². The summed E-state index contributed by atoms with van der Waals surface area (Å²) in [7, 11) is 1.70. The topological polar surface area (TPSA) is 66.4 Å². The second-order valence-electron chi connectivity index (χ2n) is 3.90. The first-order valence-corrected chi connectivity index (χ1v) is 6.30. The van der Waals surface area contributed by atoms with Gasteiger partial charge in [-0.3, -0.25) is 4.79 Å². The number of halogens is 1. The first-order chi connectivity index (χ1) is 9.70. The highest BCUT2D eigenvalue weighted by atomic mass is 35.5. The second kappa shape index (κ2) is 6.68. The van der Waals surface area contributed by atoms with E-state index < -0.39 is 0 Å². The number of hydrazone groups is 1. The third-order valence-electron chi connectivity index (χ3n) is 2.54. The molecule has 0 bridgehead atoms. The summed E-state index contributed by atoms with van der Waals surface area (Å²) in [6, 6.07) is 10.5. The molecule has 0 radical (unpaired) electrons. The highest BCUT2D eigenvalue weighted by molar-refractivity contribution is 6.30. The van der Waals surface area contributed by atoms with Crippen molar-refractivity contribution in [3.05, 3.63) is 58.7 Å². The van der Waals surface area contributed by atoms with Crippen molar-refractivity contribution in [3.63, 3.8) is 0 Å². The van der Waals surface area contributed by atoms with Crippen LogP contribution in [0, 0.1) is 0 Å². The van der Waals surface area contributed by atoms with E-state index in [0.29, 0.717) is 16.4 Å². The summed E-state index contributed by atoms with van der Waals surface area (Å²) in [5, 5.41) is 7.41. The lowest BCUT2D eigenvalue weighted by atomic mass is 10.2. The smallest absolute Gasteiger partial charge is 0.275 e. The van der Waals surface area contributed by atoms with Crippen molar-refractivity contribution in [1.29, 1.82) is 0 Å². The standard InChI is InChI=1S/C14H13ClN4O/c1-16-13-12(3-2-8-17-13)14(20)19-18-9-10-4-6-11(15)7-5-10/h2-9H,1H3,(H,16,17)(H,19,20)/b18-9+. The molecule has 0 saturated carbocycles. The van der Waals surface area contributed by atoms with Gasteiger partial charge in [0.2, 0.25) is 0 Å². The predicted octanol–water partition coefficient (Wildman–Crippen LogP) is 2.54. The second-order valence-corrected chi connectivity index (χ2v) is 4.34. The van der Waals surface area contributed by atoms with Gasteiger partial charge >= 0.3 is 0 Å². The van der Waals surface area contributed by atoms with Gasteiger partial charge in [-0.05, 0) is 29.8 Å². The zero-order valence-corrected chi connectivity index (χ0v) is 11.6. The molecule has 2 rings (SSSR count). The lowest BCUT2D eigenvalue weighted by Gasteiger charge is -2.05. The summed E-state index contributed by atoms with van der Waals surface area (Å²) >= 11 is 5.78. The van der Waals surface area contributed by atoms with Crippen LogP contribution in [0.1, 0.15) is 15.9 Å². The summed E-state index contributed by atoms with van der Waals surface area (Å²) in [6.07, 6.45) is 3.16. The number of carbonyl (C=O) groups excluding carboxylic acids is 1. The molecule has 1 aromatic carbocycles. The first kappa shape index (κ1) is 14.0. The number of rotatable bonds is 4. The van der Waals surface area contributed by atoms with Crippen LogP contribution >= 0.6 is 11.6 Å². The summed E-state index contributed by atoms with van der Waals surface area (Å²) in [5.41, 5.74) is 3.73. The van der Waals surface area contributed by atoms with Gasteiger partial charge in [0.25, 0.3) is 5.91 Å². The SMILES string of the molecule is CNc1ncccc1C(=O)N/N=C/c1ccc(Cl)cc1. The Bertz CT molecular complexity index is 625. The van der Waals surface area contributed by atoms with Gasteiger partial charge in [-0.15, -0.1) is 0 Å². The van der Waals surface area contributed by atoms with Crippen molar-refractivity contribution < 1.29 is 4.79 Å². The van der Waals surface area contributed by atoms with Gasteiger partial charge in [-0.25, -0.2) is 10.4 Å². The third kappa shape index (κ3) is 3.55. The Morgan fingerprint density at radius 3 is 2.75 bits per heavy atom. The number of carbonyl (C=O) groups is 1. The average molecular weight is 289 g/mol. The van der Waals surface area contributed by atoms with Gasteiger partial charge in [0.15, 0.2) is 0 Å². The molecule has 0 saturated heterocycles. The quantitative estimate of drug-likeness (QED) is 0.671. The van der Waals surface area contributed by atoms with Crippen LogP contribution in [0.25, 0.3) is 0 Å². The highest BCUT2D eigenvalue weighted by Crippen LogP contribution is 2.10. The summed E-state index contributed by atoms with van der Waals surface area (Å²) < 4.78 is 0. The number of benzene rings is 1. The fourth-order valence-electron chi connectivity index (χ4n) is 1.56. The Morgan fingerprint density at radius 2 is 2.05 bits per heavy atom. The molecule has 2 aromatic rings. The van der Waals surface area contributed by atoms with Crippen molar-refractivity contribution in [2.24, 2.45) is 5.10 Å². The Labute approximate surface area is 121 Å². The van der Waals surface area contributed by atoms with E-state index in [1.54, 1.807) is 55.9 Å². The van der Waals surface area contributed by atoms with E-state index in [-0.39, 0.29) is 5.91 Å². The largest absolute Gasteiger partial charge is 0.372 e. The molecule has 0 aliphatic rings. The maximum absolute atomic E-state index is 11.9. The van der Waals surface area contributed by atoms with Crippen molar-refractivity contribution in [2.45, 2.75) is 0 Å². The molecule has 0 aliphatic heterocycles. The molecule has 0 fully saturated rings. The third-order valence-corrected chi connectivity index (χ3v) is 2.79. The highest BCUT2D eigenvalue weighted by Gasteiger charge is 2.09. The molecular formula is C14H13ClN4O. The summed E-state index contributed by atoms with van der Waals surface area (Å²) in [5.74, 6) is 0.180. The molecule has 1 amide bonds. The fraction of sp³-hybridized carbons (Fsp3) is 0.0714. The minimum Gasteiger partial charge on any atom is -0.372 e. The predicted molar refractivity (Wildman–Crippen MR) is 80.3 cm³/mol. The van der Waals surface area contributed by atoms with E-state index in [0.717, 1.165) is 5.56 Å². The van der Waals surface area contributed by atoms with Crippen LogP contribution in [0.3, 0.4) is 0 Å². The van der Waals surface area contributed by atoms with E-state index in [9.17, 15) is 4.79 Å². The van der Waals surface area contributed by atoms with E-state index in [2.05, 4.69) is 20.8 Å². The van der Waals surface area contributed by atoms with E-state index >= 15 is 0 Å². The number of nitrogens with one attached hydrogen (secondary N) is 2. The van der Waals surface area contributed by atoms with Crippen LogP contribution in [0.2, 0.25) is 5.02 Å². The van der Waals surface area contributed by atoms with Crippen LogP contribution in [0.5, 0.6) is 0 Å². The minimum absolute atomic E-state index is 0.326. The maximum Gasteiger partial charge on any atom is 0.275 e. The van der Waals surface area contributed by atoms with Crippen molar-refractivity contribution in [3.8, 4) is 0 Å². The molecule has 6 heteroatoms. The van der Waals surface area contributed by atoms with Crippen molar-refractivity contribution in [1.82, 2.24) is 10.4 Å². The van der Waals surface area contributed by atoms with Crippen LogP contribution in [-0.4, -0.2) is 24.2 Å². The summed E-state index contributed by atoms with van der Waals surface area (Å²) in [6.45, 7) is 0. The van der Waals surface area contributed by atoms with Gasteiger partial charge in [0.05, 0.1) is 11.8 Å². The minimum atomic E-state index is -0.326. The van der Waals surface area contributed by atoms with Crippen molar-refractivity contribution >= 4 is 29.5 Å². The number of pyridine rings is 1. The average Bonchev–Trinajstić information content (AvgIpc) is 2.49. The molecule has 0 unspecified atom stereocenters. The van der Waals surface area contributed by atoms with Gasteiger partial charge in [-0.1, -0.05) is 23.7 Å². The maximum atomic E-state index is 11.9. The van der Waals surface area contributed by atoms with Crippen LogP contribution < -0.4 is 10.7 Å². The van der Waals surface area contributed by atoms with Crippen LogP contribution in [0.15, 0.2) is 47.7 Å². The fourth-order valence-corrected chi connectivity index (χ4v) is 1.69. The molecule has 1 aromatic heterocycles. The lowest BCUT2D eigenvalue weighted by molar-refractivity contribution is 0.0955. The van der Waals surface area contributed by atoms with E-state index in [4.69, 9.17) is 11.6 Å². The molecule has 0 spiro atoms. The first-order valence-electron chi connectivity index (χ1n) is 5.92. The molecule has 2 N–H and O–H groups in total. The van der Waals surface area contributed by atoms with Crippen LogP contribution in [0.4, 0.5) is 5.82 Å². The Morgan fingerprint density at radius 1 is 1.30 bits per heavy atom. The molecule has 0 atom stereocenters. The van der Waals surface area contributed by atoms with Crippen LogP contribution in [-0.2, 0) is 0 Å². The molecular weight excluding hydrogens is 276 g/mol. The molecule has 20 heavy (non-hydrogen) atoms. The van der Waals surface area contributed by atoms with Crippen molar-refractivity contribution in [2.75, 3.05) is 12.4 Å². The zero-order chi connectivity index (χ0) is 14.4. The number of nitrogens with zero attached hydrogens (tertiary/aromatic N) is 2. The number of amides is 1. The number of hydrogen-bond donors (Lipinski definition) is 2. The normalized spacial score (nSPS) is 10.5. The number of hydrogen-bond acceptors (Lipinski definition) is 4. The number of anilines is 1. The van der Waals surface area contributed by atoms with Gasteiger partial charge in [0.1, 0.15) is 5.82 Å². The monoisotopic (exact) mass is 288 g/mol. The van der Waals surface area contributed by atoms with Gasteiger partial charge < -0.3 is 5.32 Å². The Hall–Kier alpha value is -2.40. The molecule has 0 aliphatic carbocycles. The Balaban J connectivity index is 2.03.